The molecule has 0 atom stereocenters. The highest BCUT2D eigenvalue weighted by Crippen LogP contribution is 2.30. The van der Waals surface area contributed by atoms with Crippen molar-refractivity contribution >= 4 is 34.0 Å². The molecule has 31 heavy (non-hydrogen) atoms. The number of thiophene rings is 1. The minimum absolute atomic E-state index is 0.0122. The monoisotopic (exact) mass is 434 g/mol. The summed E-state index contributed by atoms with van der Waals surface area (Å²) < 4.78 is 10.8. The van der Waals surface area contributed by atoms with E-state index in [2.05, 4.69) is 21.1 Å². The second kappa shape index (κ2) is 8.03. The fourth-order valence-electron chi connectivity index (χ4n) is 3.96. The third-order valence-corrected chi connectivity index (χ3v) is 6.50. The van der Waals surface area contributed by atoms with E-state index in [0.29, 0.717) is 35.4 Å². The quantitative estimate of drug-likeness (QED) is 0.479. The normalized spacial score (nSPS) is 14.3. The van der Waals surface area contributed by atoms with Crippen molar-refractivity contribution in [3.8, 4) is 16.3 Å². The van der Waals surface area contributed by atoms with Crippen LogP contribution in [0.2, 0.25) is 0 Å². The Labute approximate surface area is 183 Å². The van der Waals surface area contributed by atoms with E-state index < -0.39 is 0 Å². The Balaban J connectivity index is 1.41. The molecule has 5 rings (SSSR count). The van der Waals surface area contributed by atoms with Crippen LogP contribution in [0.5, 0.6) is 5.75 Å². The molecule has 1 saturated heterocycles. The predicted molar refractivity (Wildman–Crippen MR) is 121 cm³/mol. The molecule has 0 radical (unpaired) electrons. The number of amides is 1. The lowest BCUT2D eigenvalue weighted by Crippen LogP contribution is -2.48. The molecule has 7 nitrogen and oxygen atoms in total. The smallest absolute Gasteiger partial charge is 0.259 e. The standard InChI is InChI=1S/C23H22N4O3S/c1-15-21-18(14-19(20-7-4-12-31-20)24-22(21)30-25-15)23(28)27-10-8-26(9-11-27)16-5-3-6-17(13-16)29-2/h3-7,12-14H,8-11H2,1-2H3. The van der Waals surface area contributed by atoms with Gasteiger partial charge in [0.1, 0.15) is 5.75 Å². The van der Waals surface area contributed by atoms with E-state index >= 15 is 0 Å². The first-order valence-electron chi connectivity index (χ1n) is 10.1. The lowest BCUT2D eigenvalue weighted by molar-refractivity contribution is 0.0748. The summed E-state index contributed by atoms with van der Waals surface area (Å²) in [6, 6.07) is 13.8. The number of fused-ring (bicyclic) bond motifs is 1. The Bertz CT molecular complexity index is 1230. The van der Waals surface area contributed by atoms with Gasteiger partial charge in [-0.2, -0.15) is 0 Å². The molecule has 0 saturated carbocycles. The first kappa shape index (κ1) is 19.6. The van der Waals surface area contributed by atoms with Crippen molar-refractivity contribution in [3.63, 3.8) is 0 Å². The lowest BCUT2D eigenvalue weighted by atomic mass is 10.1. The van der Waals surface area contributed by atoms with Gasteiger partial charge in [-0.3, -0.25) is 4.79 Å². The fourth-order valence-corrected chi connectivity index (χ4v) is 4.65. The minimum Gasteiger partial charge on any atom is -0.497 e. The van der Waals surface area contributed by atoms with Crippen molar-refractivity contribution in [3.05, 3.63) is 59.1 Å². The molecule has 1 aliphatic rings. The van der Waals surface area contributed by atoms with Crippen LogP contribution in [0.25, 0.3) is 21.7 Å². The Morgan fingerprint density at radius 1 is 1.13 bits per heavy atom. The van der Waals surface area contributed by atoms with Crippen LogP contribution in [-0.4, -0.2) is 54.2 Å². The summed E-state index contributed by atoms with van der Waals surface area (Å²) in [5, 5.41) is 6.74. The lowest BCUT2D eigenvalue weighted by Gasteiger charge is -2.36. The van der Waals surface area contributed by atoms with Crippen molar-refractivity contribution < 1.29 is 14.1 Å². The van der Waals surface area contributed by atoms with E-state index in [0.717, 1.165) is 35.1 Å². The topological polar surface area (TPSA) is 71.7 Å². The zero-order valence-electron chi connectivity index (χ0n) is 17.4. The van der Waals surface area contributed by atoms with Crippen molar-refractivity contribution in [2.24, 2.45) is 0 Å². The van der Waals surface area contributed by atoms with E-state index in [-0.39, 0.29) is 5.91 Å². The maximum absolute atomic E-state index is 13.5. The Morgan fingerprint density at radius 2 is 1.97 bits per heavy atom. The minimum atomic E-state index is -0.0122. The van der Waals surface area contributed by atoms with Crippen LogP contribution in [-0.2, 0) is 0 Å². The number of benzene rings is 1. The van der Waals surface area contributed by atoms with Gasteiger partial charge in [0.15, 0.2) is 0 Å². The Kier molecular flexibility index (Phi) is 5.07. The van der Waals surface area contributed by atoms with Gasteiger partial charge in [0, 0.05) is 37.9 Å². The van der Waals surface area contributed by atoms with Crippen molar-refractivity contribution in [1.82, 2.24) is 15.0 Å². The molecule has 4 aromatic rings. The van der Waals surface area contributed by atoms with Crippen LogP contribution in [0.3, 0.4) is 0 Å². The van der Waals surface area contributed by atoms with Crippen LogP contribution in [0.15, 0.2) is 52.4 Å². The molecule has 158 valence electrons. The Hall–Kier alpha value is -3.39. The molecule has 0 aliphatic carbocycles. The van der Waals surface area contributed by atoms with Crippen molar-refractivity contribution in [1.29, 1.82) is 0 Å². The molecule has 1 amide bonds. The second-order valence-electron chi connectivity index (χ2n) is 7.46. The average molecular weight is 435 g/mol. The zero-order valence-corrected chi connectivity index (χ0v) is 18.2. The summed E-state index contributed by atoms with van der Waals surface area (Å²) >= 11 is 1.58. The number of aromatic nitrogens is 2. The highest BCUT2D eigenvalue weighted by Gasteiger charge is 2.27. The van der Waals surface area contributed by atoms with E-state index in [1.165, 1.54) is 0 Å². The summed E-state index contributed by atoms with van der Waals surface area (Å²) in [4.78, 5) is 23.3. The number of nitrogens with zero attached hydrogens (tertiary/aromatic N) is 4. The summed E-state index contributed by atoms with van der Waals surface area (Å²) in [5.74, 6) is 0.820. The highest BCUT2D eigenvalue weighted by molar-refractivity contribution is 7.13. The number of hydrogen-bond acceptors (Lipinski definition) is 7. The molecular weight excluding hydrogens is 412 g/mol. The van der Waals surface area contributed by atoms with Crippen molar-refractivity contribution in [2.75, 3.05) is 38.2 Å². The third-order valence-electron chi connectivity index (χ3n) is 5.61. The summed E-state index contributed by atoms with van der Waals surface area (Å²) in [7, 11) is 1.67. The number of methoxy groups -OCH3 is 1. The van der Waals surface area contributed by atoms with E-state index in [1.54, 1.807) is 18.4 Å². The van der Waals surface area contributed by atoms with E-state index in [9.17, 15) is 4.79 Å². The number of carbonyl (C=O) groups is 1. The maximum Gasteiger partial charge on any atom is 0.259 e. The van der Waals surface area contributed by atoms with E-state index in [4.69, 9.17) is 9.26 Å². The number of pyridine rings is 1. The average Bonchev–Trinajstić information content (AvgIpc) is 3.49. The van der Waals surface area contributed by atoms with Gasteiger partial charge in [0.25, 0.3) is 11.6 Å². The number of rotatable bonds is 4. The highest BCUT2D eigenvalue weighted by atomic mass is 32.1. The number of anilines is 1. The summed E-state index contributed by atoms with van der Waals surface area (Å²) in [6.45, 7) is 4.63. The fraction of sp³-hybridized carbons (Fsp3) is 0.261. The molecule has 0 bridgehead atoms. The van der Waals surface area contributed by atoms with Gasteiger partial charge in [-0.1, -0.05) is 17.3 Å². The summed E-state index contributed by atoms with van der Waals surface area (Å²) in [5.41, 5.74) is 3.52. The van der Waals surface area contributed by atoms with Gasteiger partial charge in [0.2, 0.25) is 0 Å². The van der Waals surface area contributed by atoms with Gasteiger partial charge in [-0.05, 0) is 36.6 Å². The first-order valence-corrected chi connectivity index (χ1v) is 11.0. The number of piperazine rings is 1. The molecule has 0 unspecified atom stereocenters. The molecule has 8 heteroatoms. The first-order chi connectivity index (χ1) is 15.1. The van der Waals surface area contributed by atoms with E-state index in [1.807, 2.05) is 53.6 Å². The maximum atomic E-state index is 13.5. The molecule has 1 fully saturated rings. The van der Waals surface area contributed by atoms with Gasteiger partial charge in [-0.15, -0.1) is 11.3 Å². The zero-order chi connectivity index (χ0) is 21.4. The molecular formula is C23H22N4O3S. The number of aryl methyl sites for hydroxylation is 1. The molecule has 1 aliphatic heterocycles. The third kappa shape index (κ3) is 3.63. The number of hydrogen-bond donors (Lipinski definition) is 0. The van der Waals surface area contributed by atoms with Gasteiger partial charge in [0.05, 0.1) is 34.3 Å². The van der Waals surface area contributed by atoms with Gasteiger partial charge < -0.3 is 19.1 Å². The largest absolute Gasteiger partial charge is 0.497 e. The van der Waals surface area contributed by atoms with Crippen LogP contribution in [0, 0.1) is 6.92 Å². The number of carbonyl (C=O) groups excluding carboxylic acids is 1. The predicted octanol–water partition coefficient (Wildman–Crippen LogP) is 4.23. The number of ether oxygens (including phenoxy) is 1. The molecule has 4 heterocycles. The van der Waals surface area contributed by atoms with Crippen LogP contribution >= 0.6 is 11.3 Å². The molecule has 1 aromatic carbocycles. The Morgan fingerprint density at radius 3 is 2.71 bits per heavy atom. The van der Waals surface area contributed by atoms with Crippen LogP contribution < -0.4 is 9.64 Å². The summed E-state index contributed by atoms with van der Waals surface area (Å²) in [6.07, 6.45) is 0. The van der Waals surface area contributed by atoms with Gasteiger partial charge in [-0.25, -0.2) is 4.98 Å². The molecule has 0 spiro atoms. The second-order valence-corrected chi connectivity index (χ2v) is 8.41. The van der Waals surface area contributed by atoms with Gasteiger partial charge >= 0.3 is 0 Å². The van der Waals surface area contributed by atoms with Crippen LogP contribution in [0.4, 0.5) is 5.69 Å². The SMILES string of the molecule is COc1cccc(N2CCN(C(=O)c3cc(-c4cccs4)nc4onc(C)c34)CC2)c1. The molecule has 3 aromatic heterocycles. The van der Waals surface area contributed by atoms with Crippen molar-refractivity contribution in [2.45, 2.75) is 6.92 Å². The molecule has 0 N–H and O–H groups in total. The van der Waals surface area contributed by atoms with Crippen LogP contribution in [0.1, 0.15) is 16.1 Å².